The molecule has 1 aliphatic heterocycles. The summed E-state index contributed by atoms with van der Waals surface area (Å²) in [5.41, 5.74) is 2.42. The fraction of sp³-hybridized carbons (Fsp3) is 0.400. The predicted octanol–water partition coefficient (Wildman–Crippen LogP) is 0.994. The third-order valence-corrected chi connectivity index (χ3v) is 5.16. The molecule has 1 atom stereocenters. The van der Waals surface area contributed by atoms with Gasteiger partial charge in [-0.1, -0.05) is 6.07 Å². The molecule has 1 aliphatic rings. The van der Waals surface area contributed by atoms with Gasteiger partial charge >= 0.3 is 22.1 Å². The summed E-state index contributed by atoms with van der Waals surface area (Å²) in [7, 11) is -1.65. The normalized spacial score (nSPS) is 18.9. The lowest BCUT2D eigenvalue weighted by Crippen LogP contribution is -2.54. The van der Waals surface area contributed by atoms with Crippen LogP contribution >= 0.6 is 0 Å². The monoisotopic (exact) mass is 339 g/mol. The minimum absolute atomic E-state index is 0.186. The Morgan fingerprint density at radius 1 is 1.17 bits per heavy atom. The summed E-state index contributed by atoms with van der Waals surface area (Å²) < 4.78 is 31.2. The zero-order chi connectivity index (χ0) is 17.5. The fourth-order valence-electron chi connectivity index (χ4n) is 2.31. The molecule has 23 heavy (non-hydrogen) atoms. The Morgan fingerprint density at radius 2 is 1.78 bits per heavy atom. The first-order chi connectivity index (χ1) is 10.5. The standard InChI is InChI=1S/C15H19N2O5S/c1-9-6-10(2)11(3)12(7-9)22-23(20,21)13-8-16(4)15(19)17(5)14(13)18/h6-8,13H,1-5H3/q+1. The van der Waals surface area contributed by atoms with Crippen LogP contribution in [0, 0.1) is 20.8 Å². The van der Waals surface area contributed by atoms with Crippen molar-refractivity contribution in [3.63, 3.8) is 0 Å². The van der Waals surface area contributed by atoms with Crippen LogP contribution in [-0.4, -0.2) is 55.4 Å². The van der Waals surface area contributed by atoms with E-state index in [1.54, 1.807) is 13.0 Å². The van der Waals surface area contributed by atoms with Crippen LogP contribution in [0.3, 0.4) is 0 Å². The minimum Gasteiger partial charge on any atom is -0.381 e. The summed E-state index contributed by atoms with van der Waals surface area (Å²) in [6.45, 7) is 5.41. The van der Waals surface area contributed by atoms with E-state index in [-0.39, 0.29) is 5.75 Å². The van der Waals surface area contributed by atoms with E-state index in [0.717, 1.165) is 26.8 Å². The molecule has 0 bridgehead atoms. The number of hydrogen-bond acceptors (Lipinski definition) is 5. The topological polar surface area (TPSA) is 83.8 Å². The zero-order valence-electron chi connectivity index (χ0n) is 13.7. The molecular formula is C15H19N2O5S+. The van der Waals surface area contributed by atoms with E-state index in [1.807, 2.05) is 19.9 Å². The quantitative estimate of drug-likeness (QED) is 0.606. The average Bonchev–Trinajstić information content (AvgIpc) is 2.45. The van der Waals surface area contributed by atoms with Gasteiger partial charge in [-0.3, -0.25) is 0 Å². The first kappa shape index (κ1) is 17.1. The lowest BCUT2D eigenvalue weighted by molar-refractivity contribution is -0.399. The van der Waals surface area contributed by atoms with Gasteiger partial charge in [0.05, 0.1) is 14.1 Å². The van der Waals surface area contributed by atoms with Crippen LogP contribution in [0.2, 0.25) is 0 Å². The Labute approximate surface area is 135 Å². The second-order valence-electron chi connectivity index (χ2n) is 5.64. The Balaban J connectivity index is 2.44. The molecule has 3 amide bonds. The smallest absolute Gasteiger partial charge is 0.381 e. The first-order valence-electron chi connectivity index (χ1n) is 6.95. The summed E-state index contributed by atoms with van der Waals surface area (Å²) >= 11 is 0. The second kappa shape index (κ2) is 5.77. The van der Waals surface area contributed by atoms with Crippen LogP contribution in [-0.2, 0) is 14.9 Å². The first-order valence-corrected chi connectivity index (χ1v) is 8.42. The fourth-order valence-corrected chi connectivity index (χ4v) is 3.58. The summed E-state index contributed by atoms with van der Waals surface area (Å²) in [5, 5.41) is -1.56. The molecule has 0 saturated heterocycles. The summed E-state index contributed by atoms with van der Waals surface area (Å²) in [4.78, 5) is 24.6. The summed E-state index contributed by atoms with van der Waals surface area (Å²) in [5.74, 6) is -0.652. The number of aryl methyl sites for hydroxylation is 2. The number of rotatable bonds is 3. The van der Waals surface area contributed by atoms with Crippen LogP contribution in [0.25, 0.3) is 0 Å². The van der Waals surface area contributed by atoms with E-state index < -0.39 is 27.3 Å². The van der Waals surface area contributed by atoms with Crippen molar-refractivity contribution in [1.82, 2.24) is 4.90 Å². The van der Waals surface area contributed by atoms with E-state index in [9.17, 15) is 18.0 Å². The molecule has 0 N–H and O–H groups in total. The molecular weight excluding hydrogens is 320 g/mol. The molecule has 1 heterocycles. The van der Waals surface area contributed by atoms with Crippen LogP contribution in [0.4, 0.5) is 4.79 Å². The van der Waals surface area contributed by atoms with Gasteiger partial charge in [-0.25, -0.2) is 9.37 Å². The highest BCUT2D eigenvalue weighted by molar-refractivity contribution is 7.89. The van der Waals surface area contributed by atoms with Crippen LogP contribution in [0.5, 0.6) is 5.75 Å². The maximum atomic E-state index is 12.5. The highest BCUT2D eigenvalue weighted by Crippen LogP contribution is 2.26. The highest BCUT2D eigenvalue weighted by Gasteiger charge is 2.47. The summed E-state index contributed by atoms with van der Waals surface area (Å²) in [6.07, 6.45) is 1.05. The molecule has 1 aromatic carbocycles. The largest absolute Gasteiger partial charge is 0.500 e. The van der Waals surface area contributed by atoms with Gasteiger partial charge in [0.15, 0.2) is 0 Å². The molecule has 2 rings (SSSR count). The molecule has 0 spiro atoms. The van der Waals surface area contributed by atoms with Crippen molar-refractivity contribution in [2.75, 3.05) is 14.1 Å². The van der Waals surface area contributed by atoms with E-state index in [0.29, 0.717) is 5.56 Å². The van der Waals surface area contributed by atoms with Crippen LogP contribution in [0.15, 0.2) is 12.1 Å². The molecule has 0 aromatic heterocycles. The van der Waals surface area contributed by atoms with E-state index in [1.165, 1.54) is 14.1 Å². The molecule has 0 aliphatic carbocycles. The van der Waals surface area contributed by atoms with Gasteiger partial charge in [0.25, 0.3) is 5.25 Å². The SMILES string of the molecule is Cc1cc(C)c(C)c(OS(=O)(=O)C2C=[N+](C)C(=O)N(C)C2=O)c1. The van der Waals surface area contributed by atoms with E-state index in [2.05, 4.69) is 0 Å². The van der Waals surface area contributed by atoms with E-state index in [4.69, 9.17) is 4.18 Å². The summed E-state index contributed by atoms with van der Waals surface area (Å²) in [6, 6.07) is 2.92. The van der Waals surface area contributed by atoms with E-state index >= 15 is 0 Å². The Hall–Kier alpha value is -2.22. The van der Waals surface area contributed by atoms with Crippen LogP contribution in [0.1, 0.15) is 16.7 Å². The number of benzene rings is 1. The predicted molar refractivity (Wildman–Crippen MR) is 84.4 cm³/mol. The Kier molecular flexibility index (Phi) is 4.30. The third-order valence-electron chi connectivity index (χ3n) is 3.80. The number of hydrogen-bond donors (Lipinski definition) is 0. The number of imide groups is 1. The molecule has 124 valence electrons. The van der Waals surface area contributed by atoms with Gasteiger partial charge in [-0.05, 0) is 43.5 Å². The van der Waals surface area contributed by atoms with Gasteiger partial charge < -0.3 is 4.18 Å². The number of carbonyl (C=O) groups is 2. The van der Waals surface area contributed by atoms with Crippen molar-refractivity contribution in [3.05, 3.63) is 28.8 Å². The van der Waals surface area contributed by atoms with Gasteiger partial charge in [-0.2, -0.15) is 18.1 Å². The molecule has 1 aromatic rings. The molecule has 1 unspecified atom stereocenters. The maximum Gasteiger partial charge on any atom is 0.500 e. The van der Waals surface area contributed by atoms with Crippen molar-refractivity contribution in [2.45, 2.75) is 26.0 Å². The molecule has 8 heteroatoms. The maximum absolute atomic E-state index is 12.5. The number of carbonyl (C=O) groups excluding carboxylic acids is 2. The van der Waals surface area contributed by atoms with Crippen molar-refractivity contribution in [2.24, 2.45) is 0 Å². The van der Waals surface area contributed by atoms with Gasteiger partial charge in [0.2, 0.25) is 0 Å². The molecule has 0 saturated carbocycles. The molecule has 0 radical (unpaired) electrons. The molecule has 7 nitrogen and oxygen atoms in total. The minimum atomic E-state index is -4.27. The Morgan fingerprint density at radius 3 is 2.39 bits per heavy atom. The zero-order valence-corrected chi connectivity index (χ0v) is 14.5. The number of nitrogens with zero attached hydrogens (tertiary/aromatic N) is 2. The Bertz CT molecular complexity index is 827. The lowest BCUT2D eigenvalue weighted by atomic mass is 10.1. The molecule has 0 fully saturated rings. The van der Waals surface area contributed by atoms with Gasteiger partial charge in [-0.15, -0.1) is 0 Å². The van der Waals surface area contributed by atoms with Gasteiger partial charge in [0, 0.05) is 0 Å². The number of amides is 3. The van der Waals surface area contributed by atoms with Crippen molar-refractivity contribution >= 4 is 28.3 Å². The number of urea groups is 1. The highest BCUT2D eigenvalue weighted by atomic mass is 32.2. The van der Waals surface area contributed by atoms with Crippen molar-refractivity contribution < 1.29 is 26.8 Å². The van der Waals surface area contributed by atoms with Crippen LogP contribution < -0.4 is 4.18 Å². The van der Waals surface area contributed by atoms with Crippen molar-refractivity contribution in [1.29, 1.82) is 0 Å². The van der Waals surface area contributed by atoms with Gasteiger partial charge in [0.1, 0.15) is 12.0 Å². The lowest BCUT2D eigenvalue weighted by Gasteiger charge is -2.20. The average molecular weight is 339 g/mol. The second-order valence-corrected chi connectivity index (χ2v) is 7.30. The van der Waals surface area contributed by atoms with Crippen molar-refractivity contribution in [3.8, 4) is 5.75 Å². The third kappa shape index (κ3) is 3.12.